The molecule has 0 aliphatic carbocycles. The second-order valence-corrected chi connectivity index (χ2v) is 17.2. The zero-order chi connectivity index (χ0) is 44.9. The van der Waals surface area contributed by atoms with Crippen LogP contribution < -0.4 is 5.32 Å². The van der Waals surface area contributed by atoms with Crippen molar-refractivity contribution in [1.29, 1.82) is 0 Å². The number of aliphatic hydroxyl groups is 2. The highest BCUT2D eigenvalue weighted by atomic mass is 16.3. The molecule has 2 atom stereocenters. The number of allylic oxidation sites excluding steroid dienone is 17. The molecule has 0 aliphatic rings. The van der Waals surface area contributed by atoms with Crippen molar-refractivity contribution in [2.45, 2.75) is 244 Å². The van der Waals surface area contributed by atoms with Gasteiger partial charge in [0.15, 0.2) is 0 Å². The summed E-state index contributed by atoms with van der Waals surface area (Å²) in [5.41, 5.74) is 0. The van der Waals surface area contributed by atoms with Gasteiger partial charge in [0.25, 0.3) is 0 Å². The molecule has 0 saturated heterocycles. The van der Waals surface area contributed by atoms with Crippen LogP contribution in [0.4, 0.5) is 0 Å². The number of unbranched alkanes of at least 4 members (excludes halogenated alkanes) is 23. The fourth-order valence-corrected chi connectivity index (χ4v) is 7.27. The summed E-state index contributed by atoms with van der Waals surface area (Å²) in [6.45, 7) is 4.17. The van der Waals surface area contributed by atoms with Gasteiger partial charge in [0.2, 0.25) is 5.91 Å². The first kappa shape index (κ1) is 59.1. The van der Waals surface area contributed by atoms with E-state index in [2.05, 4.69) is 116 Å². The van der Waals surface area contributed by atoms with E-state index in [9.17, 15) is 15.0 Å². The lowest BCUT2D eigenvalue weighted by Crippen LogP contribution is -2.45. The topological polar surface area (TPSA) is 69.6 Å². The first-order valence-electron chi connectivity index (χ1n) is 26.1. The highest BCUT2D eigenvalue weighted by Gasteiger charge is 2.17. The third kappa shape index (κ3) is 48.1. The van der Waals surface area contributed by atoms with Crippen molar-refractivity contribution in [1.82, 2.24) is 5.32 Å². The molecular formula is C58H99NO3. The Bertz CT molecular complexity index is 1200. The highest BCUT2D eigenvalue weighted by molar-refractivity contribution is 5.76. The third-order valence-corrected chi connectivity index (χ3v) is 11.2. The van der Waals surface area contributed by atoms with Crippen LogP contribution in [0.15, 0.2) is 109 Å². The number of hydrogen-bond acceptors (Lipinski definition) is 3. The summed E-state index contributed by atoms with van der Waals surface area (Å²) in [6.07, 6.45) is 79.4. The molecule has 0 aromatic rings. The second-order valence-electron chi connectivity index (χ2n) is 17.2. The molecule has 0 radical (unpaired) electrons. The molecule has 3 N–H and O–H groups in total. The summed E-state index contributed by atoms with van der Waals surface area (Å²) in [4.78, 5) is 12.4. The fourth-order valence-electron chi connectivity index (χ4n) is 7.27. The molecular weight excluding hydrogens is 759 g/mol. The molecule has 0 fully saturated rings. The molecule has 0 aliphatic heterocycles. The first-order chi connectivity index (χ1) is 30.7. The number of carbonyl (C=O) groups excluding carboxylic acids is 1. The van der Waals surface area contributed by atoms with Gasteiger partial charge in [0, 0.05) is 6.42 Å². The minimum absolute atomic E-state index is 0.0843. The van der Waals surface area contributed by atoms with Crippen molar-refractivity contribution < 1.29 is 15.0 Å². The average Bonchev–Trinajstić information content (AvgIpc) is 3.28. The Morgan fingerprint density at radius 1 is 0.403 bits per heavy atom. The minimum Gasteiger partial charge on any atom is -0.394 e. The van der Waals surface area contributed by atoms with Crippen molar-refractivity contribution in [3.05, 3.63) is 109 Å². The van der Waals surface area contributed by atoms with Gasteiger partial charge in [0.05, 0.1) is 18.8 Å². The Kier molecular flexibility index (Phi) is 49.9. The van der Waals surface area contributed by atoms with E-state index in [4.69, 9.17) is 0 Å². The first-order valence-corrected chi connectivity index (χ1v) is 26.1. The van der Waals surface area contributed by atoms with E-state index >= 15 is 0 Å². The smallest absolute Gasteiger partial charge is 0.220 e. The van der Waals surface area contributed by atoms with Crippen LogP contribution in [0.5, 0.6) is 0 Å². The van der Waals surface area contributed by atoms with Crippen molar-refractivity contribution in [3.8, 4) is 0 Å². The van der Waals surface area contributed by atoms with Crippen molar-refractivity contribution in [3.63, 3.8) is 0 Å². The number of aliphatic hydroxyl groups excluding tert-OH is 2. The van der Waals surface area contributed by atoms with E-state index < -0.39 is 12.1 Å². The normalized spacial score (nSPS) is 13.8. The number of amides is 1. The summed E-state index contributed by atoms with van der Waals surface area (Å²) >= 11 is 0. The zero-order valence-electron chi connectivity index (χ0n) is 40.6. The largest absolute Gasteiger partial charge is 0.394 e. The molecule has 0 rings (SSSR count). The number of carbonyl (C=O) groups is 1. The SMILES string of the molecule is CC/C=C\C/C=C\C/C=C\C/C=C\C/C=C\C/C=C\CCCCCCCCCCCCCCC(=O)NC(CO)C(O)/C=C/CC/C=C/CC/C=C/CCCCCCCCCCC. The molecule has 0 aromatic carbocycles. The van der Waals surface area contributed by atoms with E-state index in [0.29, 0.717) is 6.42 Å². The molecule has 0 heterocycles. The lowest BCUT2D eigenvalue weighted by Gasteiger charge is -2.19. The highest BCUT2D eigenvalue weighted by Crippen LogP contribution is 2.14. The maximum absolute atomic E-state index is 12.4. The van der Waals surface area contributed by atoms with Gasteiger partial charge in [-0.15, -0.1) is 0 Å². The van der Waals surface area contributed by atoms with E-state index in [1.165, 1.54) is 135 Å². The van der Waals surface area contributed by atoms with Gasteiger partial charge in [-0.1, -0.05) is 239 Å². The minimum atomic E-state index is -0.878. The van der Waals surface area contributed by atoms with Crippen LogP contribution in [0.2, 0.25) is 0 Å². The Balaban J connectivity index is 3.62. The summed E-state index contributed by atoms with van der Waals surface area (Å²) < 4.78 is 0. The Morgan fingerprint density at radius 2 is 0.726 bits per heavy atom. The molecule has 4 heteroatoms. The van der Waals surface area contributed by atoms with E-state index in [1.54, 1.807) is 6.08 Å². The van der Waals surface area contributed by atoms with Crippen molar-refractivity contribution in [2.75, 3.05) is 6.61 Å². The maximum atomic E-state index is 12.4. The van der Waals surface area contributed by atoms with E-state index in [1.807, 2.05) is 6.08 Å². The molecule has 1 amide bonds. The Morgan fingerprint density at radius 3 is 1.13 bits per heavy atom. The van der Waals surface area contributed by atoms with Crippen molar-refractivity contribution in [2.24, 2.45) is 0 Å². The Hall–Kier alpha value is -2.95. The molecule has 4 nitrogen and oxygen atoms in total. The Labute approximate surface area is 385 Å². The number of hydrogen-bond donors (Lipinski definition) is 3. The predicted molar refractivity (Wildman–Crippen MR) is 276 cm³/mol. The van der Waals surface area contributed by atoms with Crippen LogP contribution in [0.1, 0.15) is 232 Å². The van der Waals surface area contributed by atoms with Gasteiger partial charge in [-0.2, -0.15) is 0 Å². The lowest BCUT2D eigenvalue weighted by atomic mass is 10.0. The van der Waals surface area contributed by atoms with Gasteiger partial charge in [-0.25, -0.2) is 0 Å². The van der Waals surface area contributed by atoms with Crippen LogP contribution in [0.25, 0.3) is 0 Å². The third-order valence-electron chi connectivity index (χ3n) is 11.2. The number of rotatable bonds is 46. The standard InChI is InChI=1S/C58H99NO3/c1-3-5-7-9-11-13-15-17-19-21-23-24-25-26-27-28-29-30-31-32-33-34-36-38-40-42-44-46-48-50-52-54-58(62)59-56(55-60)57(61)53-51-49-47-45-43-41-39-37-35-22-20-18-16-14-12-10-8-6-4-2/h5,7,11,13,17,19,23-24,26-27,29-30,35,37,43,45,51,53,56-57,60-61H,3-4,6,8-10,12,14-16,18,20-22,25,28,31-34,36,38-42,44,46-50,52,54-55H2,1-2H3,(H,59,62)/b7-5-,13-11-,19-17-,24-23-,27-26-,30-29-,37-35+,45-43+,53-51+. The van der Waals surface area contributed by atoms with Gasteiger partial charge in [-0.3, -0.25) is 4.79 Å². The average molecular weight is 858 g/mol. The zero-order valence-corrected chi connectivity index (χ0v) is 40.6. The summed E-state index contributed by atoms with van der Waals surface area (Å²) in [7, 11) is 0. The van der Waals surface area contributed by atoms with E-state index in [-0.39, 0.29) is 12.5 Å². The van der Waals surface area contributed by atoms with Gasteiger partial charge >= 0.3 is 0 Å². The summed E-state index contributed by atoms with van der Waals surface area (Å²) in [5.74, 6) is -0.0843. The molecule has 0 bridgehead atoms. The monoisotopic (exact) mass is 858 g/mol. The lowest BCUT2D eigenvalue weighted by molar-refractivity contribution is -0.123. The van der Waals surface area contributed by atoms with Crippen LogP contribution in [-0.2, 0) is 4.79 Å². The molecule has 2 unspecified atom stereocenters. The maximum Gasteiger partial charge on any atom is 0.220 e. The predicted octanol–water partition coefficient (Wildman–Crippen LogP) is 17.1. The van der Waals surface area contributed by atoms with Crippen LogP contribution in [0, 0.1) is 0 Å². The fraction of sp³-hybridized carbons (Fsp3) is 0.672. The quantitative estimate of drug-likeness (QED) is 0.0422. The van der Waals surface area contributed by atoms with Gasteiger partial charge < -0.3 is 15.5 Å². The van der Waals surface area contributed by atoms with Gasteiger partial charge in [0.1, 0.15) is 0 Å². The molecule has 62 heavy (non-hydrogen) atoms. The number of nitrogens with one attached hydrogen (secondary N) is 1. The molecule has 0 saturated carbocycles. The van der Waals surface area contributed by atoms with Crippen LogP contribution >= 0.6 is 0 Å². The van der Waals surface area contributed by atoms with Crippen LogP contribution in [-0.4, -0.2) is 34.9 Å². The molecule has 0 spiro atoms. The summed E-state index contributed by atoms with van der Waals surface area (Å²) in [6, 6.07) is -0.654. The second kappa shape index (κ2) is 52.4. The van der Waals surface area contributed by atoms with Gasteiger partial charge in [-0.05, 0) is 96.3 Å². The molecule has 0 aromatic heterocycles. The van der Waals surface area contributed by atoms with Crippen molar-refractivity contribution >= 4 is 5.91 Å². The van der Waals surface area contributed by atoms with Crippen LogP contribution in [0.3, 0.4) is 0 Å². The molecule has 354 valence electrons. The summed E-state index contributed by atoms with van der Waals surface area (Å²) in [5, 5.41) is 23.1. The van der Waals surface area contributed by atoms with E-state index in [0.717, 1.165) is 77.0 Å².